The van der Waals surface area contributed by atoms with Gasteiger partial charge < -0.3 is 20.4 Å². The van der Waals surface area contributed by atoms with E-state index in [0.29, 0.717) is 17.7 Å². The van der Waals surface area contributed by atoms with Crippen LogP contribution < -0.4 is 15.8 Å². The van der Waals surface area contributed by atoms with Crippen LogP contribution in [0, 0.1) is 17.6 Å². The van der Waals surface area contributed by atoms with Gasteiger partial charge in [-0.3, -0.25) is 9.59 Å². The van der Waals surface area contributed by atoms with Crippen LogP contribution in [0.1, 0.15) is 39.9 Å². The van der Waals surface area contributed by atoms with Crippen LogP contribution in [0.3, 0.4) is 0 Å². The molecule has 3 N–H and O–H groups in total. The summed E-state index contributed by atoms with van der Waals surface area (Å²) >= 11 is 0. The van der Waals surface area contributed by atoms with E-state index >= 15 is 0 Å². The monoisotopic (exact) mass is 492 g/mol. The summed E-state index contributed by atoms with van der Waals surface area (Å²) in [6, 6.07) is 3.25. The first-order chi connectivity index (χ1) is 16.9. The van der Waals surface area contributed by atoms with Crippen molar-refractivity contribution in [1.82, 2.24) is 4.73 Å². The number of hydrogen-bond acceptors (Lipinski definition) is 5. The molecule has 13 heteroatoms. The van der Waals surface area contributed by atoms with E-state index in [9.17, 15) is 36.7 Å². The third-order valence-corrected chi connectivity index (χ3v) is 5.86. The Balaban J connectivity index is 2.22. The fourth-order valence-corrected chi connectivity index (χ4v) is 3.85. The summed E-state index contributed by atoms with van der Waals surface area (Å²) in [6.45, 7) is 1.68. The van der Waals surface area contributed by atoms with Crippen molar-refractivity contribution in [2.45, 2.75) is 37.6 Å². The Hall–Kier alpha value is -3.48. The van der Waals surface area contributed by atoms with E-state index in [4.69, 9.17) is 14.6 Å². The fraction of sp³-hybridized carbons (Fsp3) is 0.381. The van der Waals surface area contributed by atoms with Gasteiger partial charge in [-0.05, 0) is 25.1 Å². The van der Waals surface area contributed by atoms with Crippen LogP contribution in [0.15, 0.2) is 35.5 Å². The molecule has 0 aliphatic carbocycles. The molecule has 1 aromatic heterocycles. The Morgan fingerprint density at radius 1 is 1.32 bits per heavy atom. The van der Waals surface area contributed by atoms with Crippen molar-refractivity contribution in [3.05, 3.63) is 58.7 Å². The van der Waals surface area contributed by atoms with E-state index < -0.39 is 77.2 Å². The van der Waals surface area contributed by atoms with Gasteiger partial charge >= 0.3 is 6.18 Å². The van der Waals surface area contributed by atoms with Gasteiger partial charge in [-0.1, -0.05) is 13.0 Å². The number of aromatic nitrogens is 1. The van der Waals surface area contributed by atoms with Crippen molar-refractivity contribution in [2.24, 2.45) is 16.6 Å². The minimum absolute atomic E-state index is 0.302. The Labute approximate surface area is 193 Å². The van der Waals surface area contributed by atoms with Gasteiger partial charge in [0.15, 0.2) is 17.2 Å². The molecule has 1 fully saturated rings. The molecule has 184 valence electrons. The van der Waals surface area contributed by atoms with Crippen LogP contribution in [-0.2, 0) is 9.53 Å². The van der Waals surface area contributed by atoms with Gasteiger partial charge in [0.25, 0.3) is 11.8 Å². The smallest absolute Gasteiger partial charge is 0.417 e. The van der Waals surface area contributed by atoms with Gasteiger partial charge in [-0.2, -0.15) is 22.3 Å². The Morgan fingerprint density at radius 3 is 2.59 bits per heavy atom. The zero-order valence-corrected chi connectivity index (χ0v) is 17.6. The lowest BCUT2D eigenvalue weighted by Gasteiger charge is -2.32. The molecule has 1 saturated heterocycles. The molecule has 0 unspecified atom stereocenters. The lowest BCUT2D eigenvalue weighted by atomic mass is 9.77. The van der Waals surface area contributed by atoms with E-state index in [1.54, 1.807) is 0 Å². The van der Waals surface area contributed by atoms with Gasteiger partial charge in [0.2, 0.25) is 5.82 Å². The molecule has 0 radical (unpaired) electrons. The summed E-state index contributed by atoms with van der Waals surface area (Å²) in [4.78, 5) is 28.2. The van der Waals surface area contributed by atoms with Crippen molar-refractivity contribution >= 4 is 11.8 Å². The molecule has 0 saturated carbocycles. The van der Waals surface area contributed by atoms with Crippen molar-refractivity contribution < 1.29 is 50.3 Å². The topological polar surface area (TPSA) is 116 Å². The molecular formula is C21H20F5N3O5. The zero-order valence-electron chi connectivity index (χ0n) is 20.6. The molecule has 1 aromatic carbocycles. The highest BCUT2D eigenvalue weighted by atomic mass is 19.4. The summed E-state index contributed by atoms with van der Waals surface area (Å²) in [5.41, 5.74) is 1.03. The molecule has 0 bridgehead atoms. The number of benzene rings is 1. The number of ether oxygens (including phenoxy) is 2. The molecule has 2 heterocycles. The number of rotatable bonds is 4. The molecule has 2 amide bonds. The second-order valence-electron chi connectivity index (χ2n) is 7.77. The number of alkyl halides is 3. The summed E-state index contributed by atoms with van der Waals surface area (Å²) in [7, 11) is -3.32. The van der Waals surface area contributed by atoms with E-state index in [-0.39, 0.29) is 5.36 Å². The van der Waals surface area contributed by atoms with Gasteiger partial charge in [-0.15, -0.1) is 0 Å². The zero-order chi connectivity index (χ0) is 28.1. The standard InChI is InChI=1S/C21H20F5N3O5/c1-9-14(11-4-5-12(22)15(23)16(11)33-3)17(34-20(9,2)21(24,25)26)19(31)28-10-6-7-29(32)13(8-10)18(27)30/h4-9,14,17,32H,1-3H3,(H2,27,30)/t9-,14-,17-,20-/m0/s1/i3D3. The largest absolute Gasteiger partial charge is 0.493 e. The number of nitrogens with zero attached hydrogens (tertiary/aromatic N) is 2. The maximum atomic E-state index is 14.6. The first-order valence-corrected chi connectivity index (χ1v) is 9.59. The third kappa shape index (κ3) is 4.11. The predicted molar refractivity (Wildman–Crippen MR) is 105 cm³/mol. The van der Waals surface area contributed by atoms with E-state index in [0.717, 1.165) is 31.3 Å². The summed E-state index contributed by atoms with van der Waals surface area (Å²) in [6.07, 6.45) is -6.25. The van der Waals surface area contributed by atoms with Crippen molar-refractivity contribution in [3.8, 4) is 5.75 Å². The number of pyridine rings is 1. The number of carbonyl (C=O) groups is 2. The fourth-order valence-electron chi connectivity index (χ4n) is 3.85. The number of hydrogen-bond donors (Lipinski definition) is 2. The van der Waals surface area contributed by atoms with Crippen LogP contribution in [-0.4, -0.2) is 46.7 Å². The molecule has 8 nitrogen and oxygen atoms in total. The Morgan fingerprint density at radius 2 is 2.00 bits per heavy atom. The molecule has 2 aromatic rings. The molecule has 1 aliphatic heterocycles. The number of carbonyl (C=O) groups excluding carboxylic acids is 2. The molecule has 34 heavy (non-hydrogen) atoms. The third-order valence-electron chi connectivity index (χ3n) is 5.86. The molecule has 4 atom stereocenters. The maximum Gasteiger partial charge on any atom is 0.417 e. The summed E-state index contributed by atoms with van der Waals surface area (Å²) in [5.74, 6) is -10.3. The number of amides is 2. The number of halogens is 5. The molecular weight excluding hydrogens is 469 g/mol. The SMILES string of the molecule is [2H]C([2H])([2H])Oc1c([C@H]2[C@@H](C(=O)N=c3ccn(O)c(C(N)=O)c3)O[C@](C)(C(F)(F)F)[C@H]2C)ccc(F)c1F. The van der Waals surface area contributed by atoms with Gasteiger partial charge in [0.05, 0.1) is 16.5 Å². The quantitative estimate of drug-likeness (QED) is 0.503. The average molecular weight is 492 g/mol. The van der Waals surface area contributed by atoms with Gasteiger partial charge in [0.1, 0.15) is 11.8 Å². The lowest BCUT2D eigenvalue weighted by molar-refractivity contribution is -0.272. The van der Waals surface area contributed by atoms with E-state index in [1.165, 1.54) is 0 Å². The molecule has 3 rings (SSSR count). The van der Waals surface area contributed by atoms with Crippen LogP contribution >= 0.6 is 0 Å². The minimum Gasteiger partial charge on any atom is -0.493 e. The Kier molecular flexibility index (Phi) is 5.40. The molecule has 1 aliphatic rings. The van der Waals surface area contributed by atoms with Crippen molar-refractivity contribution in [2.75, 3.05) is 7.04 Å². The van der Waals surface area contributed by atoms with Gasteiger partial charge in [-0.25, -0.2) is 9.38 Å². The van der Waals surface area contributed by atoms with Crippen molar-refractivity contribution in [3.63, 3.8) is 0 Å². The van der Waals surface area contributed by atoms with E-state index in [2.05, 4.69) is 9.73 Å². The molecule has 0 spiro atoms. The number of primary amides is 1. The average Bonchev–Trinajstić information content (AvgIpc) is 3.04. The summed E-state index contributed by atoms with van der Waals surface area (Å²) < 4.78 is 103. The van der Waals surface area contributed by atoms with Gasteiger partial charge in [0, 0.05) is 23.6 Å². The summed E-state index contributed by atoms with van der Waals surface area (Å²) in [5, 5.41) is 9.32. The highest BCUT2D eigenvalue weighted by Gasteiger charge is 2.65. The highest BCUT2D eigenvalue weighted by molar-refractivity contribution is 5.91. The van der Waals surface area contributed by atoms with Crippen LogP contribution in [0.25, 0.3) is 0 Å². The first-order valence-electron chi connectivity index (χ1n) is 11.1. The van der Waals surface area contributed by atoms with Crippen LogP contribution in [0.2, 0.25) is 0 Å². The second-order valence-corrected chi connectivity index (χ2v) is 7.77. The van der Waals surface area contributed by atoms with Crippen LogP contribution in [0.4, 0.5) is 22.0 Å². The minimum atomic E-state index is -5.06. The normalized spacial score (nSPS) is 27.1. The van der Waals surface area contributed by atoms with E-state index in [1.807, 2.05) is 0 Å². The van der Waals surface area contributed by atoms with Crippen LogP contribution in [0.5, 0.6) is 5.75 Å². The number of nitrogens with two attached hydrogens (primary N) is 1. The maximum absolute atomic E-state index is 14.6. The highest BCUT2D eigenvalue weighted by Crippen LogP contribution is 2.55. The number of methoxy groups -OCH3 is 1. The first kappa shape index (κ1) is 21.1. The lowest BCUT2D eigenvalue weighted by Crippen LogP contribution is -2.47. The van der Waals surface area contributed by atoms with Crippen molar-refractivity contribution in [1.29, 1.82) is 0 Å². The Bertz CT molecular complexity index is 1310. The predicted octanol–water partition coefficient (Wildman–Crippen LogP) is 2.68. The second kappa shape index (κ2) is 8.70.